The molecule has 0 aliphatic heterocycles. The molecule has 2 aromatic carbocycles. The van der Waals surface area contributed by atoms with E-state index in [9.17, 15) is 24.9 Å². The summed E-state index contributed by atoms with van der Waals surface area (Å²) in [6, 6.07) is 12.0. The van der Waals surface area contributed by atoms with Gasteiger partial charge < -0.3 is 36.6 Å². The highest BCUT2D eigenvalue weighted by molar-refractivity contribution is 5.89. The zero-order chi connectivity index (χ0) is 22.7. The van der Waals surface area contributed by atoms with Crippen LogP contribution in [0, 0.1) is 0 Å². The number of phenolic OH excluding ortho intramolecular Hbond substituents is 2. The van der Waals surface area contributed by atoms with Crippen LogP contribution in [0.15, 0.2) is 54.6 Å². The summed E-state index contributed by atoms with van der Waals surface area (Å²) in [6.45, 7) is 2.36. The molecule has 0 radical (unpaired) electrons. The van der Waals surface area contributed by atoms with Crippen LogP contribution in [-0.2, 0) is 16.0 Å². The van der Waals surface area contributed by atoms with Crippen molar-refractivity contribution in [3.05, 3.63) is 65.7 Å². The Morgan fingerprint density at radius 2 is 1.50 bits per heavy atom. The van der Waals surface area contributed by atoms with E-state index in [1.165, 1.54) is 23.8 Å². The second-order valence-corrected chi connectivity index (χ2v) is 6.56. The Balaban J connectivity index is 0.000000479. The Labute approximate surface area is 173 Å². The van der Waals surface area contributed by atoms with Gasteiger partial charge in [-0.1, -0.05) is 12.1 Å². The quantitative estimate of drug-likeness (QED) is 0.248. The van der Waals surface area contributed by atoms with E-state index in [1.807, 2.05) is 31.2 Å². The van der Waals surface area contributed by atoms with Gasteiger partial charge in [-0.25, -0.2) is 9.59 Å². The molecule has 2 atom stereocenters. The average Bonchev–Trinajstić information content (AvgIpc) is 2.66. The number of nitrogen functional groups attached to an aromatic ring is 1. The fraction of sp³-hybridized carbons (Fsp3) is 0.238. The molecule has 0 heterocycles. The Morgan fingerprint density at radius 3 is 1.97 bits per heavy atom. The Morgan fingerprint density at radius 1 is 1.00 bits per heavy atom. The summed E-state index contributed by atoms with van der Waals surface area (Å²) in [6.07, 6.45) is 1.13. The lowest BCUT2D eigenvalue weighted by molar-refractivity contribution is -0.134. The molecule has 162 valence electrons. The molecule has 30 heavy (non-hydrogen) atoms. The molecule has 0 aliphatic rings. The van der Waals surface area contributed by atoms with E-state index in [4.69, 9.17) is 15.9 Å². The summed E-state index contributed by atoms with van der Waals surface area (Å²) in [7, 11) is 0. The number of anilines is 1. The van der Waals surface area contributed by atoms with E-state index in [1.54, 1.807) is 0 Å². The fourth-order valence-electron chi connectivity index (χ4n) is 2.46. The molecule has 9 heteroatoms. The normalized spacial score (nSPS) is 12.6. The number of hydrogen-bond acceptors (Lipinski definition) is 7. The number of aliphatic carboxylic acids is 2. The average molecular weight is 418 g/mol. The predicted octanol–water partition coefficient (Wildman–Crippen LogP) is 1.65. The predicted molar refractivity (Wildman–Crippen MR) is 111 cm³/mol. The number of nitrogens with one attached hydrogen (secondary N) is 1. The highest BCUT2D eigenvalue weighted by atomic mass is 16.4. The third-order valence-corrected chi connectivity index (χ3v) is 3.86. The summed E-state index contributed by atoms with van der Waals surface area (Å²) in [4.78, 5) is 19.1. The number of benzene rings is 2. The maximum absolute atomic E-state index is 10.1. The molecule has 0 bridgehead atoms. The molecule has 0 aromatic heterocycles. The van der Waals surface area contributed by atoms with Gasteiger partial charge in [-0.2, -0.15) is 0 Å². The van der Waals surface area contributed by atoms with Crippen molar-refractivity contribution < 1.29 is 35.1 Å². The van der Waals surface area contributed by atoms with Gasteiger partial charge in [0.05, 0.1) is 6.10 Å². The molecule has 0 aliphatic carbocycles. The van der Waals surface area contributed by atoms with Crippen molar-refractivity contribution >= 4 is 17.6 Å². The second kappa shape index (κ2) is 12.1. The number of hydrogen-bond donors (Lipinski definition) is 7. The van der Waals surface area contributed by atoms with Gasteiger partial charge in [0.2, 0.25) is 0 Å². The molecule has 0 fully saturated rings. The maximum Gasteiger partial charge on any atom is 0.328 e. The van der Waals surface area contributed by atoms with Crippen molar-refractivity contribution in [1.82, 2.24) is 5.32 Å². The molecule has 2 aromatic rings. The van der Waals surface area contributed by atoms with Crippen molar-refractivity contribution in [3.63, 3.8) is 0 Å². The van der Waals surface area contributed by atoms with E-state index in [0.29, 0.717) is 24.3 Å². The van der Waals surface area contributed by atoms with Crippen LogP contribution in [0.2, 0.25) is 0 Å². The minimum absolute atomic E-state index is 0.0658. The lowest BCUT2D eigenvalue weighted by Gasteiger charge is -2.18. The van der Waals surface area contributed by atoms with Gasteiger partial charge in [-0.3, -0.25) is 0 Å². The van der Waals surface area contributed by atoms with Gasteiger partial charge in [0.1, 0.15) is 11.5 Å². The van der Waals surface area contributed by atoms with E-state index < -0.39 is 18.0 Å². The summed E-state index contributed by atoms with van der Waals surface area (Å²) in [5, 5.41) is 47.9. The van der Waals surface area contributed by atoms with Crippen molar-refractivity contribution in [3.8, 4) is 11.5 Å². The van der Waals surface area contributed by atoms with Gasteiger partial charge in [-0.05, 0) is 48.7 Å². The Bertz CT molecular complexity index is 830. The van der Waals surface area contributed by atoms with Crippen LogP contribution in [0.5, 0.6) is 11.5 Å². The number of aliphatic hydroxyl groups excluding tert-OH is 1. The molecule has 0 amide bonds. The molecular formula is C21H26N2O7. The van der Waals surface area contributed by atoms with E-state index in [-0.39, 0.29) is 17.5 Å². The van der Waals surface area contributed by atoms with Gasteiger partial charge in [-0.15, -0.1) is 0 Å². The number of carboxylic acids is 2. The van der Waals surface area contributed by atoms with Crippen LogP contribution in [0.1, 0.15) is 24.2 Å². The standard InChI is InChI=1S/C17H22N2O3.C4H4O4/c1-11(6-12-2-4-14(18)5-3-12)19-10-17(22)13-7-15(20)9-16(21)8-13;5-3(6)1-2-4(7)8/h2-5,7-9,11,17,19-22H,6,10,18H2,1H3;1-2H,(H,5,6)(H,7,8)/b;2-1+/t11-,17+;/m1./s1. The van der Waals surface area contributed by atoms with Crippen LogP contribution >= 0.6 is 0 Å². The van der Waals surface area contributed by atoms with E-state index in [0.717, 1.165) is 12.1 Å². The van der Waals surface area contributed by atoms with Crippen molar-refractivity contribution in [2.75, 3.05) is 12.3 Å². The highest BCUT2D eigenvalue weighted by Gasteiger charge is 2.12. The number of aromatic hydroxyl groups is 2. The third kappa shape index (κ3) is 10.1. The molecular weight excluding hydrogens is 392 g/mol. The smallest absolute Gasteiger partial charge is 0.328 e. The molecule has 2 rings (SSSR count). The fourth-order valence-corrected chi connectivity index (χ4v) is 2.46. The first-order chi connectivity index (χ1) is 14.1. The van der Waals surface area contributed by atoms with E-state index >= 15 is 0 Å². The molecule has 8 N–H and O–H groups in total. The highest BCUT2D eigenvalue weighted by Crippen LogP contribution is 2.24. The monoisotopic (exact) mass is 418 g/mol. The van der Waals surface area contributed by atoms with Crippen LogP contribution in [0.25, 0.3) is 0 Å². The Kier molecular flexibility index (Phi) is 9.87. The lowest BCUT2D eigenvalue weighted by atomic mass is 10.1. The van der Waals surface area contributed by atoms with E-state index in [2.05, 4.69) is 5.32 Å². The van der Waals surface area contributed by atoms with Crippen LogP contribution in [0.3, 0.4) is 0 Å². The number of aliphatic hydroxyl groups is 1. The number of carbonyl (C=O) groups is 2. The maximum atomic E-state index is 10.1. The van der Waals surface area contributed by atoms with Crippen LogP contribution < -0.4 is 11.1 Å². The summed E-state index contributed by atoms with van der Waals surface area (Å²) in [5.41, 5.74) is 8.04. The van der Waals surface area contributed by atoms with Crippen molar-refractivity contribution in [2.45, 2.75) is 25.5 Å². The molecule has 0 spiro atoms. The SMILES string of the molecule is C[C@H](Cc1ccc(N)cc1)NC[C@H](O)c1cc(O)cc(O)c1.O=C(O)/C=C/C(=O)O. The Hall–Kier alpha value is -3.56. The molecule has 0 saturated heterocycles. The number of phenols is 2. The summed E-state index contributed by atoms with van der Waals surface area (Å²) < 4.78 is 0. The largest absolute Gasteiger partial charge is 0.508 e. The lowest BCUT2D eigenvalue weighted by Crippen LogP contribution is -2.32. The first kappa shape index (κ1) is 24.5. The first-order valence-electron chi connectivity index (χ1n) is 8.99. The minimum Gasteiger partial charge on any atom is -0.508 e. The zero-order valence-corrected chi connectivity index (χ0v) is 16.4. The van der Waals surface area contributed by atoms with Crippen molar-refractivity contribution in [1.29, 1.82) is 0 Å². The van der Waals surface area contributed by atoms with Gasteiger partial charge in [0.25, 0.3) is 0 Å². The van der Waals surface area contributed by atoms with Crippen LogP contribution in [0.4, 0.5) is 5.69 Å². The second-order valence-electron chi connectivity index (χ2n) is 6.56. The topological polar surface area (TPSA) is 173 Å². The molecule has 0 unspecified atom stereocenters. The summed E-state index contributed by atoms with van der Waals surface area (Å²) in [5.74, 6) is -2.65. The van der Waals surface area contributed by atoms with Crippen LogP contribution in [-0.4, -0.2) is 50.1 Å². The van der Waals surface area contributed by atoms with Gasteiger partial charge in [0, 0.05) is 36.5 Å². The zero-order valence-electron chi connectivity index (χ0n) is 16.4. The molecule has 0 saturated carbocycles. The third-order valence-electron chi connectivity index (χ3n) is 3.86. The number of carboxylic acid groups (broad SMARTS) is 2. The number of nitrogens with two attached hydrogens (primary N) is 1. The van der Waals surface area contributed by atoms with Crippen molar-refractivity contribution in [2.24, 2.45) is 0 Å². The first-order valence-corrected chi connectivity index (χ1v) is 8.99. The summed E-state index contributed by atoms with van der Waals surface area (Å²) >= 11 is 0. The minimum atomic E-state index is -1.26. The van der Waals surface area contributed by atoms with Gasteiger partial charge >= 0.3 is 11.9 Å². The number of rotatable bonds is 8. The van der Waals surface area contributed by atoms with Gasteiger partial charge in [0.15, 0.2) is 0 Å². The molecule has 9 nitrogen and oxygen atoms in total.